The lowest BCUT2D eigenvalue weighted by molar-refractivity contribution is -0.384. The van der Waals surface area contributed by atoms with Crippen molar-refractivity contribution < 1.29 is 24.3 Å². The zero-order chi connectivity index (χ0) is 15.0. The van der Waals surface area contributed by atoms with Gasteiger partial charge in [0.1, 0.15) is 17.5 Å². The van der Waals surface area contributed by atoms with Crippen LogP contribution in [0.2, 0.25) is 5.02 Å². The van der Waals surface area contributed by atoms with Gasteiger partial charge in [0, 0.05) is 25.1 Å². The maximum absolute atomic E-state index is 13.5. The number of rotatable bonds is 3. The third kappa shape index (κ3) is 2.52. The molecule has 1 aliphatic heterocycles. The third-order valence-corrected chi connectivity index (χ3v) is 3.38. The van der Waals surface area contributed by atoms with Gasteiger partial charge in [-0.25, -0.2) is 9.18 Å². The van der Waals surface area contributed by atoms with Crippen LogP contribution >= 0.6 is 11.6 Å². The van der Waals surface area contributed by atoms with E-state index in [1.54, 1.807) is 0 Å². The Bertz CT molecular complexity index is 582. The van der Waals surface area contributed by atoms with E-state index in [1.807, 2.05) is 0 Å². The van der Waals surface area contributed by atoms with E-state index in [2.05, 4.69) is 0 Å². The Kier molecular flexibility index (Phi) is 3.78. The summed E-state index contributed by atoms with van der Waals surface area (Å²) in [6, 6.07) is 0.494. The minimum atomic E-state index is -1.24. The highest BCUT2D eigenvalue weighted by molar-refractivity contribution is 6.31. The van der Waals surface area contributed by atoms with Crippen LogP contribution in [-0.2, 0) is 4.79 Å². The predicted octanol–water partition coefficient (Wildman–Crippen LogP) is 1.41. The Morgan fingerprint density at radius 2 is 2.20 bits per heavy atom. The number of anilines is 1. The smallest absolute Gasteiger partial charge is 0.326 e. The van der Waals surface area contributed by atoms with Gasteiger partial charge in [0.05, 0.1) is 16.0 Å². The molecule has 1 fully saturated rings. The van der Waals surface area contributed by atoms with E-state index in [0.717, 1.165) is 17.0 Å². The molecule has 0 aromatic heterocycles. The molecule has 20 heavy (non-hydrogen) atoms. The molecule has 0 radical (unpaired) electrons. The van der Waals surface area contributed by atoms with Gasteiger partial charge in [-0.1, -0.05) is 11.6 Å². The fraction of sp³-hybridized carbons (Fsp3) is 0.364. The summed E-state index contributed by atoms with van der Waals surface area (Å²) in [5, 5.41) is 29.2. The number of carbonyl (C=O) groups is 1. The second-order valence-corrected chi connectivity index (χ2v) is 4.82. The van der Waals surface area contributed by atoms with Crippen molar-refractivity contribution in [2.45, 2.75) is 18.6 Å². The van der Waals surface area contributed by atoms with Crippen molar-refractivity contribution in [1.82, 2.24) is 0 Å². The van der Waals surface area contributed by atoms with Crippen molar-refractivity contribution in [3.63, 3.8) is 0 Å². The zero-order valence-corrected chi connectivity index (χ0v) is 10.7. The van der Waals surface area contributed by atoms with Crippen molar-refractivity contribution in [2.75, 3.05) is 11.4 Å². The van der Waals surface area contributed by atoms with Crippen LogP contribution in [0.15, 0.2) is 12.1 Å². The summed E-state index contributed by atoms with van der Waals surface area (Å²) in [5.74, 6) is -2.14. The first kappa shape index (κ1) is 14.5. The number of hydrogen-bond acceptors (Lipinski definition) is 5. The van der Waals surface area contributed by atoms with Crippen molar-refractivity contribution in [3.05, 3.63) is 33.1 Å². The van der Waals surface area contributed by atoms with Crippen LogP contribution in [0.4, 0.5) is 15.8 Å². The maximum Gasteiger partial charge on any atom is 0.326 e. The molecule has 0 spiro atoms. The second kappa shape index (κ2) is 5.22. The van der Waals surface area contributed by atoms with Gasteiger partial charge in [0.25, 0.3) is 5.69 Å². The van der Waals surface area contributed by atoms with Crippen molar-refractivity contribution >= 4 is 28.9 Å². The summed E-state index contributed by atoms with van der Waals surface area (Å²) in [5.41, 5.74) is -0.711. The van der Waals surface area contributed by atoms with Gasteiger partial charge >= 0.3 is 5.97 Å². The molecule has 2 rings (SSSR count). The molecule has 0 amide bonds. The highest BCUT2D eigenvalue weighted by atomic mass is 35.5. The molecule has 2 N–H and O–H groups in total. The number of nitro benzene ring substituents is 1. The van der Waals surface area contributed by atoms with Gasteiger partial charge < -0.3 is 15.1 Å². The lowest BCUT2D eigenvalue weighted by Crippen LogP contribution is -2.36. The highest BCUT2D eigenvalue weighted by Gasteiger charge is 2.39. The molecule has 108 valence electrons. The number of aliphatic hydroxyl groups excluding tert-OH is 1. The van der Waals surface area contributed by atoms with E-state index in [-0.39, 0.29) is 18.7 Å². The normalized spacial score (nSPS) is 22.1. The Morgan fingerprint density at radius 3 is 2.75 bits per heavy atom. The van der Waals surface area contributed by atoms with E-state index >= 15 is 0 Å². The van der Waals surface area contributed by atoms with E-state index < -0.39 is 39.6 Å². The Labute approximate surface area is 117 Å². The molecule has 1 heterocycles. The molecule has 1 aliphatic rings. The van der Waals surface area contributed by atoms with Gasteiger partial charge in [0.15, 0.2) is 0 Å². The van der Waals surface area contributed by atoms with Gasteiger partial charge in [-0.3, -0.25) is 10.1 Å². The second-order valence-electron chi connectivity index (χ2n) is 4.41. The van der Waals surface area contributed by atoms with Crippen molar-refractivity contribution in [2.24, 2.45) is 0 Å². The number of aliphatic hydroxyl groups is 1. The van der Waals surface area contributed by atoms with Crippen LogP contribution < -0.4 is 4.90 Å². The molecule has 0 aliphatic carbocycles. The van der Waals surface area contributed by atoms with Crippen molar-refractivity contribution in [3.8, 4) is 0 Å². The Hall–Kier alpha value is -1.93. The van der Waals surface area contributed by atoms with Crippen LogP contribution in [0.25, 0.3) is 0 Å². The first-order chi connectivity index (χ1) is 9.31. The fourth-order valence-corrected chi connectivity index (χ4v) is 2.37. The molecule has 0 bridgehead atoms. The number of nitro groups is 1. The minimum absolute atomic E-state index is 0.0866. The SMILES string of the molecule is O=C(O)C1CC(O)CN1c1cc(F)c(Cl)cc1[N+](=O)[O-]. The summed E-state index contributed by atoms with van der Waals surface area (Å²) in [7, 11) is 0. The number of hydrogen-bond donors (Lipinski definition) is 2. The van der Waals surface area contributed by atoms with Crippen molar-refractivity contribution in [1.29, 1.82) is 0 Å². The average molecular weight is 305 g/mol. The predicted molar refractivity (Wildman–Crippen MR) is 67.5 cm³/mol. The molecular weight excluding hydrogens is 295 g/mol. The van der Waals surface area contributed by atoms with Crippen LogP contribution in [-0.4, -0.2) is 39.8 Å². The first-order valence-corrected chi connectivity index (χ1v) is 6.00. The maximum atomic E-state index is 13.5. The molecule has 1 aromatic carbocycles. The number of nitrogens with zero attached hydrogens (tertiary/aromatic N) is 2. The number of halogens is 2. The van der Waals surface area contributed by atoms with E-state index in [9.17, 15) is 24.4 Å². The fourth-order valence-electron chi connectivity index (χ4n) is 2.22. The summed E-state index contributed by atoms with van der Waals surface area (Å²) < 4.78 is 13.5. The molecule has 0 saturated carbocycles. The molecule has 2 unspecified atom stereocenters. The van der Waals surface area contributed by atoms with Gasteiger partial charge in [-0.15, -0.1) is 0 Å². The van der Waals surface area contributed by atoms with Crippen LogP contribution in [0.1, 0.15) is 6.42 Å². The Balaban J connectivity index is 2.53. The van der Waals surface area contributed by atoms with Gasteiger partial charge in [0.2, 0.25) is 0 Å². The summed E-state index contributed by atoms with van der Waals surface area (Å²) >= 11 is 5.50. The molecule has 7 nitrogen and oxygen atoms in total. The van der Waals surface area contributed by atoms with Gasteiger partial charge in [-0.05, 0) is 0 Å². The number of β-amino-alcohol motifs (C(OH)–C–C–N with tert-alkyl or cyclic N) is 1. The minimum Gasteiger partial charge on any atom is -0.480 e. The summed E-state index contributed by atoms with van der Waals surface area (Å²) in [6.45, 7) is -0.126. The molecule has 9 heteroatoms. The topological polar surface area (TPSA) is 104 Å². The average Bonchev–Trinajstić information content (AvgIpc) is 2.74. The molecular formula is C11H10ClFN2O5. The Morgan fingerprint density at radius 1 is 1.55 bits per heavy atom. The summed E-state index contributed by atoms with van der Waals surface area (Å²) in [4.78, 5) is 22.4. The summed E-state index contributed by atoms with van der Waals surface area (Å²) in [6.07, 6.45) is -1.04. The standard InChI is InChI=1S/C11H10ClFN2O5/c12-6-2-9(15(19)20)8(3-7(6)13)14-4-5(16)1-10(14)11(17)18/h2-3,5,10,16H,1,4H2,(H,17,18). The lowest BCUT2D eigenvalue weighted by atomic mass is 10.2. The first-order valence-electron chi connectivity index (χ1n) is 5.62. The monoisotopic (exact) mass is 304 g/mol. The zero-order valence-electron chi connectivity index (χ0n) is 9.99. The molecule has 1 saturated heterocycles. The number of aliphatic carboxylic acids is 1. The van der Waals surface area contributed by atoms with Gasteiger partial charge in [-0.2, -0.15) is 0 Å². The van der Waals surface area contributed by atoms with E-state index in [4.69, 9.17) is 16.7 Å². The van der Waals surface area contributed by atoms with Crippen LogP contribution in [0, 0.1) is 15.9 Å². The number of carboxylic acid groups (broad SMARTS) is 1. The molecule has 1 aromatic rings. The number of benzene rings is 1. The van der Waals surface area contributed by atoms with E-state index in [1.165, 1.54) is 0 Å². The van der Waals surface area contributed by atoms with Crippen LogP contribution in [0.3, 0.4) is 0 Å². The highest BCUT2D eigenvalue weighted by Crippen LogP contribution is 2.37. The third-order valence-electron chi connectivity index (χ3n) is 3.09. The quantitative estimate of drug-likeness (QED) is 0.646. The number of carboxylic acids is 1. The lowest BCUT2D eigenvalue weighted by Gasteiger charge is -2.23. The molecule has 2 atom stereocenters. The van der Waals surface area contributed by atoms with E-state index in [0.29, 0.717) is 0 Å². The largest absolute Gasteiger partial charge is 0.480 e. The van der Waals surface area contributed by atoms with Crippen LogP contribution in [0.5, 0.6) is 0 Å².